The maximum atomic E-state index is 14.0. The number of pyridine rings is 1. The minimum atomic E-state index is -0.317. The zero-order valence-electron chi connectivity index (χ0n) is 14.2. The standard InChI is InChI=1S/C20H22FN3O/c21-18-8-3-10-22-19(18)23-11-4-7-17(14-23)20(25)24-12-9-15-5-1-2-6-16(15)13-24/h1-3,5-6,8,10,17H,4,7,9,11-14H2. The predicted molar refractivity (Wildman–Crippen MR) is 94.7 cm³/mol. The molecule has 25 heavy (non-hydrogen) atoms. The van der Waals surface area contributed by atoms with Gasteiger partial charge in [-0.2, -0.15) is 0 Å². The van der Waals surface area contributed by atoms with E-state index in [9.17, 15) is 9.18 Å². The highest BCUT2D eigenvalue weighted by Crippen LogP contribution is 2.27. The van der Waals surface area contributed by atoms with E-state index in [2.05, 4.69) is 23.2 Å². The fourth-order valence-corrected chi connectivity index (χ4v) is 3.92. The minimum Gasteiger partial charge on any atom is -0.353 e. The molecule has 1 aromatic carbocycles. The summed E-state index contributed by atoms with van der Waals surface area (Å²) in [5.74, 6) is 0.155. The molecule has 0 spiro atoms. The highest BCUT2D eigenvalue weighted by molar-refractivity contribution is 5.80. The van der Waals surface area contributed by atoms with Crippen molar-refractivity contribution in [1.82, 2.24) is 9.88 Å². The van der Waals surface area contributed by atoms with Crippen LogP contribution in [0.25, 0.3) is 0 Å². The van der Waals surface area contributed by atoms with Crippen LogP contribution in [0.4, 0.5) is 10.2 Å². The lowest BCUT2D eigenvalue weighted by Gasteiger charge is -2.37. The van der Waals surface area contributed by atoms with E-state index in [1.165, 1.54) is 17.2 Å². The molecule has 0 N–H and O–H groups in total. The first-order chi connectivity index (χ1) is 12.2. The molecule has 1 amide bonds. The van der Waals surface area contributed by atoms with Crippen LogP contribution in [0.3, 0.4) is 0 Å². The van der Waals surface area contributed by atoms with Crippen LogP contribution < -0.4 is 4.90 Å². The summed E-state index contributed by atoms with van der Waals surface area (Å²) in [5.41, 5.74) is 2.58. The van der Waals surface area contributed by atoms with Crippen molar-refractivity contribution in [3.63, 3.8) is 0 Å². The van der Waals surface area contributed by atoms with Crippen molar-refractivity contribution in [1.29, 1.82) is 0 Å². The van der Waals surface area contributed by atoms with E-state index in [-0.39, 0.29) is 17.6 Å². The third-order valence-electron chi connectivity index (χ3n) is 5.25. The molecule has 0 aliphatic carbocycles. The molecule has 1 unspecified atom stereocenters. The van der Waals surface area contributed by atoms with Crippen molar-refractivity contribution < 1.29 is 9.18 Å². The zero-order valence-corrected chi connectivity index (χ0v) is 14.2. The van der Waals surface area contributed by atoms with Gasteiger partial charge in [0.1, 0.15) is 0 Å². The van der Waals surface area contributed by atoms with Gasteiger partial charge in [0.2, 0.25) is 5.91 Å². The number of hydrogen-bond donors (Lipinski definition) is 0. The topological polar surface area (TPSA) is 36.4 Å². The van der Waals surface area contributed by atoms with Crippen molar-refractivity contribution in [2.45, 2.75) is 25.8 Å². The monoisotopic (exact) mass is 339 g/mol. The molecule has 0 bridgehead atoms. The number of benzene rings is 1. The molecule has 5 heteroatoms. The third-order valence-corrected chi connectivity index (χ3v) is 5.25. The van der Waals surface area contributed by atoms with E-state index in [1.54, 1.807) is 12.3 Å². The molecular weight excluding hydrogens is 317 g/mol. The summed E-state index contributed by atoms with van der Waals surface area (Å²) in [4.78, 5) is 21.1. The second-order valence-corrected chi connectivity index (χ2v) is 6.87. The number of anilines is 1. The fourth-order valence-electron chi connectivity index (χ4n) is 3.92. The molecule has 1 saturated heterocycles. The number of carbonyl (C=O) groups is 1. The van der Waals surface area contributed by atoms with Gasteiger partial charge < -0.3 is 9.80 Å². The van der Waals surface area contributed by atoms with E-state index < -0.39 is 0 Å². The van der Waals surface area contributed by atoms with Crippen molar-refractivity contribution in [2.75, 3.05) is 24.5 Å². The predicted octanol–water partition coefficient (Wildman–Crippen LogP) is 3.02. The Morgan fingerprint density at radius 1 is 1.12 bits per heavy atom. The molecule has 0 saturated carbocycles. The molecule has 1 fully saturated rings. The smallest absolute Gasteiger partial charge is 0.227 e. The SMILES string of the molecule is O=C(C1CCCN(c2ncccc2F)C1)N1CCc2ccccc2C1. The molecule has 130 valence electrons. The van der Waals surface area contributed by atoms with Crippen LogP contribution in [0.2, 0.25) is 0 Å². The van der Waals surface area contributed by atoms with Gasteiger partial charge in [-0.15, -0.1) is 0 Å². The average molecular weight is 339 g/mol. The second-order valence-electron chi connectivity index (χ2n) is 6.87. The Kier molecular flexibility index (Phi) is 4.38. The first-order valence-corrected chi connectivity index (χ1v) is 8.93. The molecule has 2 aromatic rings. The Morgan fingerprint density at radius 3 is 2.80 bits per heavy atom. The maximum absolute atomic E-state index is 14.0. The Hall–Kier alpha value is -2.43. The molecule has 2 aliphatic heterocycles. The summed E-state index contributed by atoms with van der Waals surface area (Å²) in [6.07, 6.45) is 4.26. The summed E-state index contributed by atoms with van der Waals surface area (Å²) in [7, 11) is 0. The highest BCUT2D eigenvalue weighted by Gasteiger charge is 2.32. The van der Waals surface area contributed by atoms with Crippen LogP contribution in [-0.4, -0.2) is 35.4 Å². The van der Waals surface area contributed by atoms with Crippen LogP contribution in [0, 0.1) is 11.7 Å². The molecule has 3 heterocycles. The molecule has 2 aliphatic rings. The summed E-state index contributed by atoms with van der Waals surface area (Å²) >= 11 is 0. The number of nitrogens with zero attached hydrogens (tertiary/aromatic N) is 3. The number of aromatic nitrogens is 1. The zero-order chi connectivity index (χ0) is 17.2. The summed E-state index contributed by atoms with van der Waals surface area (Å²) in [6.45, 7) is 2.75. The van der Waals surface area contributed by atoms with Gasteiger partial charge in [-0.3, -0.25) is 4.79 Å². The normalized spacial score (nSPS) is 20.3. The van der Waals surface area contributed by atoms with Gasteiger partial charge >= 0.3 is 0 Å². The van der Waals surface area contributed by atoms with Gasteiger partial charge in [-0.1, -0.05) is 24.3 Å². The lowest BCUT2D eigenvalue weighted by Crippen LogP contribution is -2.46. The van der Waals surface area contributed by atoms with Crippen LogP contribution >= 0.6 is 0 Å². The van der Waals surface area contributed by atoms with Crippen molar-refractivity contribution >= 4 is 11.7 Å². The Balaban J connectivity index is 1.47. The van der Waals surface area contributed by atoms with E-state index >= 15 is 0 Å². The number of fused-ring (bicyclic) bond motifs is 1. The Bertz CT molecular complexity index is 779. The van der Waals surface area contributed by atoms with Gasteiger partial charge in [0.05, 0.1) is 5.92 Å². The number of hydrogen-bond acceptors (Lipinski definition) is 3. The molecule has 4 nitrogen and oxygen atoms in total. The molecule has 1 atom stereocenters. The fraction of sp³-hybridized carbons (Fsp3) is 0.400. The first-order valence-electron chi connectivity index (χ1n) is 8.93. The van der Waals surface area contributed by atoms with Gasteiger partial charge in [-0.25, -0.2) is 9.37 Å². The third kappa shape index (κ3) is 3.23. The summed E-state index contributed by atoms with van der Waals surface area (Å²) in [5, 5.41) is 0. The molecular formula is C20H22FN3O. The quantitative estimate of drug-likeness (QED) is 0.844. The largest absolute Gasteiger partial charge is 0.353 e. The van der Waals surface area contributed by atoms with E-state index in [0.29, 0.717) is 18.9 Å². The summed E-state index contributed by atoms with van der Waals surface area (Å²) < 4.78 is 14.0. The average Bonchev–Trinajstić information content (AvgIpc) is 2.67. The first kappa shape index (κ1) is 16.1. The highest BCUT2D eigenvalue weighted by atomic mass is 19.1. The minimum absolute atomic E-state index is 0.0829. The Morgan fingerprint density at radius 2 is 1.96 bits per heavy atom. The number of amides is 1. The number of rotatable bonds is 2. The van der Waals surface area contributed by atoms with E-state index in [1.807, 2.05) is 15.9 Å². The van der Waals surface area contributed by atoms with Crippen LogP contribution in [0.5, 0.6) is 0 Å². The van der Waals surface area contributed by atoms with E-state index in [4.69, 9.17) is 0 Å². The lowest BCUT2D eigenvalue weighted by molar-refractivity contribution is -0.136. The van der Waals surface area contributed by atoms with Crippen LogP contribution in [0.15, 0.2) is 42.6 Å². The second kappa shape index (κ2) is 6.82. The number of carbonyl (C=O) groups excluding carboxylic acids is 1. The van der Waals surface area contributed by atoms with Crippen LogP contribution in [0.1, 0.15) is 24.0 Å². The van der Waals surface area contributed by atoms with Crippen molar-refractivity contribution in [3.8, 4) is 0 Å². The molecule has 4 rings (SSSR count). The maximum Gasteiger partial charge on any atom is 0.227 e. The van der Waals surface area contributed by atoms with Gasteiger partial charge in [0.15, 0.2) is 11.6 Å². The van der Waals surface area contributed by atoms with Gasteiger partial charge in [-0.05, 0) is 42.5 Å². The number of piperidine rings is 1. The number of halogens is 1. The van der Waals surface area contributed by atoms with Crippen molar-refractivity contribution in [3.05, 3.63) is 59.5 Å². The molecule has 1 aromatic heterocycles. The molecule has 0 radical (unpaired) electrons. The van der Waals surface area contributed by atoms with Crippen LogP contribution in [-0.2, 0) is 17.8 Å². The summed E-state index contributed by atoms with van der Waals surface area (Å²) in [6, 6.07) is 11.3. The van der Waals surface area contributed by atoms with Crippen molar-refractivity contribution in [2.24, 2.45) is 5.92 Å². The van der Waals surface area contributed by atoms with Gasteiger partial charge in [0.25, 0.3) is 0 Å². The Labute approximate surface area is 147 Å². The lowest BCUT2D eigenvalue weighted by atomic mass is 9.94. The van der Waals surface area contributed by atoms with Gasteiger partial charge in [0, 0.05) is 32.4 Å². The van der Waals surface area contributed by atoms with E-state index in [0.717, 1.165) is 32.4 Å².